The molecule has 2 saturated heterocycles. The zero-order valence-corrected chi connectivity index (χ0v) is 12.1. The van der Waals surface area contributed by atoms with E-state index in [0.29, 0.717) is 29.3 Å². The van der Waals surface area contributed by atoms with E-state index in [1.165, 1.54) is 11.3 Å². The van der Waals surface area contributed by atoms with Crippen LogP contribution in [0.4, 0.5) is 0 Å². The highest BCUT2D eigenvalue weighted by molar-refractivity contribution is 7.91. The van der Waals surface area contributed by atoms with Crippen LogP contribution in [-0.4, -0.2) is 38.4 Å². The molecule has 0 saturated carbocycles. The molecule has 18 heavy (non-hydrogen) atoms. The van der Waals surface area contributed by atoms with Crippen molar-refractivity contribution in [3.8, 4) is 0 Å². The molecule has 3 heterocycles. The molecule has 0 radical (unpaired) electrons. The van der Waals surface area contributed by atoms with Crippen molar-refractivity contribution in [1.29, 1.82) is 0 Å². The minimum atomic E-state index is -3.26. The summed E-state index contributed by atoms with van der Waals surface area (Å²) in [4.78, 5) is 1.05. The number of hydrogen-bond donors (Lipinski definition) is 1. The van der Waals surface area contributed by atoms with E-state index in [-0.39, 0.29) is 0 Å². The Morgan fingerprint density at radius 3 is 2.94 bits per heavy atom. The lowest BCUT2D eigenvalue weighted by molar-refractivity contribution is 0.247. The minimum absolute atomic E-state index is 0.490. The van der Waals surface area contributed by atoms with Crippen LogP contribution in [0.15, 0.2) is 16.3 Å². The van der Waals surface area contributed by atoms with Crippen molar-refractivity contribution in [2.45, 2.75) is 30.0 Å². The number of nitrogens with zero attached hydrogens (tertiary/aromatic N) is 1. The van der Waals surface area contributed by atoms with Gasteiger partial charge in [-0.05, 0) is 44.4 Å². The molecule has 0 aromatic carbocycles. The molecule has 0 amide bonds. The number of rotatable bonds is 2. The summed E-state index contributed by atoms with van der Waals surface area (Å²) in [7, 11) is -3.26. The second kappa shape index (κ2) is 4.59. The van der Waals surface area contributed by atoms with Gasteiger partial charge in [-0.25, -0.2) is 8.42 Å². The number of hydrogen-bond acceptors (Lipinski definition) is 4. The largest absolute Gasteiger partial charge is 0.314 e. The standard InChI is InChI=1S/C12H18N2O2S2/c1-9-2-3-12(17-9)18(15,16)14-7-5-11-10(8-14)4-6-13-11/h2-3,10-11,13H,4-8H2,1H3. The van der Waals surface area contributed by atoms with Crippen LogP contribution < -0.4 is 5.32 Å². The van der Waals surface area contributed by atoms with Crippen LogP contribution in [0.3, 0.4) is 0 Å². The summed E-state index contributed by atoms with van der Waals surface area (Å²) < 4.78 is 27.2. The number of sulfonamides is 1. The number of nitrogens with one attached hydrogen (secondary N) is 1. The topological polar surface area (TPSA) is 49.4 Å². The molecule has 1 aromatic heterocycles. The molecule has 4 nitrogen and oxygen atoms in total. The van der Waals surface area contributed by atoms with Gasteiger partial charge in [-0.3, -0.25) is 0 Å². The van der Waals surface area contributed by atoms with Crippen molar-refractivity contribution in [3.63, 3.8) is 0 Å². The Bertz CT molecular complexity index is 538. The van der Waals surface area contributed by atoms with Crippen LogP contribution in [0.1, 0.15) is 17.7 Å². The first kappa shape index (κ1) is 12.6. The van der Waals surface area contributed by atoms with Gasteiger partial charge in [0.15, 0.2) is 0 Å². The van der Waals surface area contributed by atoms with E-state index in [1.54, 1.807) is 10.4 Å². The van der Waals surface area contributed by atoms with Gasteiger partial charge in [0.2, 0.25) is 0 Å². The van der Waals surface area contributed by atoms with Crippen molar-refractivity contribution in [2.75, 3.05) is 19.6 Å². The van der Waals surface area contributed by atoms with E-state index >= 15 is 0 Å². The van der Waals surface area contributed by atoms with E-state index in [9.17, 15) is 8.42 Å². The molecule has 1 N–H and O–H groups in total. The molecule has 0 bridgehead atoms. The van der Waals surface area contributed by atoms with Crippen molar-refractivity contribution < 1.29 is 8.42 Å². The lowest BCUT2D eigenvalue weighted by Gasteiger charge is -2.33. The zero-order valence-electron chi connectivity index (χ0n) is 10.4. The molecule has 3 rings (SSSR count). The monoisotopic (exact) mass is 286 g/mol. The first-order valence-corrected chi connectivity index (χ1v) is 8.63. The maximum Gasteiger partial charge on any atom is 0.252 e. The van der Waals surface area contributed by atoms with Gasteiger partial charge < -0.3 is 5.32 Å². The van der Waals surface area contributed by atoms with Gasteiger partial charge >= 0.3 is 0 Å². The summed E-state index contributed by atoms with van der Waals surface area (Å²) in [6.45, 7) is 4.29. The third-order valence-electron chi connectivity index (χ3n) is 3.93. The van der Waals surface area contributed by atoms with Crippen molar-refractivity contribution in [3.05, 3.63) is 17.0 Å². The lowest BCUT2D eigenvalue weighted by atomic mass is 9.95. The Kier molecular flexibility index (Phi) is 3.21. The molecule has 0 spiro atoms. The summed E-state index contributed by atoms with van der Waals surface area (Å²) in [5.74, 6) is 0.495. The van der Waals surface area contributed by atoms with Gasteiger partial charge in [0.25, 0.3) is 10.0 Å². The van der Waals surface area contributed by atoms with E-state index in [2.05, 4.69) is 5.32 Å². The minimum Gasteiger partial charge on any atom is -0.314 e. The predicted octanol–water partition coefficient (Wildman–Crippen LogP) is 1.43. The average molecular weight is 286 g/mol. The van der Waals surface area contributed by atoms with E-state index < -0.39 is 10.0 Å². The van der Waals surface area contributed by atoms with Crippen LogP contribution in [0.2, 0.25) is 0 Å². The fourth-order valence-electron chi connectivity index (χ4n) is 2.91. The summed E-state index contributed by atoms with van der Waals surface area (Å²) in [6.07, 6.45) is 2.04. The molecule has 2 unspecified atom stereocenters. The Hall–Kier alpha value is -0.430. The van der Waals surface area contributed by atoms with Crippen LogP contribution >= 0.6 is 11.3 Å². The highest BCUT2D eigenvalue weighted by Gasteiger charge is 2.37. The van der Waals surface area contributed by atoms with Gasteiger partial charge in [0, 0.05) is 24.0 Å². The molecule has 2 fully saturated rings. The first-order chi connectivity index (χ1) is 8.57. The Morgan fingerprint density at radius 2 is 2.22 bits per heavy atom. The molecule has 2 aliphatic heterocycles. The summed E-state index contributed by atoms with van der Waals surface area (Å²) in [5.41, 5.74) is 0. The quantitative estimate of drug-likeness (QED) is 0.895. The molecule has 2 aliphatic rings. The SMILES string of the molecule is Cc1ccc(S(=O)(=O)N2CCC3NCCC3C2)s1. The number of fused-ring (bicyclic) bond motifs is 1. The number of aryl methyl sites for hydroxylation is 1. The van der Waals surface area contributed by atoms with Gasteiger partial charge in [-0.1, -0.05) is 0 Å². The van der Waals surface area contributed by atoms with E-state index in [1.807, 2.05) is 13.0 Å². The molecule has 2 atom stereocenters. The van der Waals surface area contributed by atoms with Crippen LogP contribution in [0.25, 0.3) is 0 Å². The molecule has 6 heteroatoms. The molecule has 1 aromatic rings. The van der Waals surface area contributed by atoms with Crippen LogP contribution in [0, 0.1) is 12.8 Å². The number of thiophene rings is 1. The second-order valence-corrected chi connectivity index (χ2v) is 8.58. The molecular weight excluding hydrogens is 268 g/mol. The first-order valence-electron chi connectivity index (χ1n) is 6.37. The lowest BCUT2D eigenvalue weighted by Crippen LogP contribution is -2.46. The van der Waals surface area contributed by atoms with Crippen molar-refractivity contribution >= 4 is 21.4 Å². The van der Waals surface area contributed by atoms with E-state index in [0.717, 1.165) is 24.3 Å². The Balaban J connectivity index is 1.82. The summed E-state index contributed by atoms with van der Waals surface area (Å²) >= 11 is 1.37. The van der Waals surface area contributed by atoms with Crippen molar-refractivity contribution in [1.82, 2.24) is 9.62 Å². The fourth-order valence-corrected chi connectivity index (χ4v) is 5.86. The normalized spacial score (nSPS) is 29.4. The highest BCUT2D eigenvalue weighted by Crippen LogP contribution is 2.30. The maximum atomic E-state index is 12.5. The Labute approximate surface area is 112 Å². The highest BCUT2D eigenvalue weighted by atomic mass is 32.2. The third kappa shape index (κ3) is 2.11. The maximum absolute atomic E-state index is 12.5. The Morgan fingerprint density at radius 1 is 1.39 bits per heavy atom. The van der Waals surface area contributed by atoms with Gasteiger partial charge in [0.05, 0.1) is 0 Å². The van der Waals surface area contributed by atoms with E-state index in [4.69, 9.17) is 0 Å². The molecule has 0 aliphatic carbocycles. The average Bonchev–Trinajstić information content (AvgIpc) is 2.96. The van der Waals surface area contributed by atoms with Gasteiger partial charge in [-0.15, -0.1) is 11.3 Å². The third-order valence-corrected chi connectivity index (χ3v) is 7.26. The van der Waals surface area contributed by atoms with Crippen molar-refractivity contribution in [2.24, 2.45) is 5.92 Å². The van der Waals surface area contributed by atoms with Crippen LogP contribution in [0.5, 0.6) is 0 Å². The number of piperidine rings is 1. The van der Waals surface area contributed by atoms with Gasteiger partial charge in [-0.2, -0.15) is 4.31 Å². The summed E-state index contributed by atoms with van der Waals surface area (Å²) in [5, 5.41) is 3.46. The zero-order chi connectivity index (χ0) is 12.8. The van der Waals surface area contributed by atoms with Gasteiger partial charge in [0.1, 0.15) is 4.21 Å². The molecule has 100 valence electrons. The summed E-state index contributed by atoms with van der Waals surface area (Å²) in [6, 6.07) is 4.14. The van der Waals surface area contributed by atoms with Crippen LogP contribution in [-0.2, 0) is 10.0 Å². The fraction of sp³-hybridized carbons (Fsp3) is 0.667. The molecular formula is C12H18N2O2S2. The predicted molar refractivity (Wildman–Crippen MR) is 72.3 cm³/mol. The smallest absolute Gasteiger partial charge is 0.252 e. The second-order valence-electron chi connectivity index (χ2n) is 5.13.